The molecule has 6 N–H and O–H groups in total. The normalized spacial score (nSPS) is 12.6. The predicted octanol–water partition coefficient (Wildman–Crippen LogP) is 3.27. The van der Waals surface area contributed by atoms with Crippen LogP contribution in [0.4, 0.5) is 11.5 Å². The summed E-state index contributed by atoms with van der Waals surface area (Å²) in [6, 6.07) is 5.48. The third kappa shape index (κ3) is 3.19. The summed E-state index contributed by atoms with van der Waals surface area (Å²) in [5, 5.41) is 21.8. The molecule has 0 saturated carbocycles. The van der Waals surface area contributed by atoms with Crippen molar-refractivity contribution in [1.29, 1.82) is 0 Å². The number of pyridine rings is 1. The summed E-state index contributed by atoms with van der Waals surface area (Å²) in [5.41, 5.74) is 13.5. The maximum absolute atomic E-state index is 10.9. The first-order valence-electron chi connectivity index (χ1n) is 9.35. The first-order valence-corrected chi connectivity index (χ1v) is 9.35. The Balaban J connectivity index is 2.64. The van der Waals surface area contributed by atoms with Crippen LogP contribution in [-0.2, 0) is 18.2 Å². The average molecular weight is 361 g/mol. The highest BCUT2D eigenvalue weighted by Crippen LogP contribution is 2.38. The molecule has 0 amide bonds. The minimum atomic E-state index is -1.06. The zero-order valence-electron chi connectivity index (χ0n) is 16.5. The lowest BCUT2D eigenvalue weighted by Gasteiger charge is -2.26. The SMILES string of the molecule is CCC(O)(CC)c1cc(-c2ccc(N)c(C(O)(CC)CC)n2)n(C)c1N. The van der Waals surface area contributed by atoms with Crippen molar-refractivity contribution in [3.8, 4) is 11.4 Å². The molecule has 2 aromatic heterocycles. The maximum Gasteiger partial charge on any atom is 0.109 e. The quantitative estimate of drug-likeness (QED) is 0.606. The molecule has 0 atom stereocenters. The van der Waals surface area contributed by atoms with E-state index >= 15 is 0 Å². The molecule has 0 unspecified atom stereocenters. The number of hydrogen-bond donors (Lipinski definition) is 4. The monoisotopic (exact) mass is 360 g/mol. The zero-order chi connectivity index (χ0) is 19.7. The van der Waals surface area contributed by atoms with Crippen LogP contribution in [0.5, 0.6) is 0 Å². The van der Waals surface area contributed by atoms with Crippen LogP contribution in [0.15, 0.2) is 18.2 Å². The summed E-state index contributed by atoms with van der Waals surface area (Å²) >= 11 is 0. The van der Waals surface area contributed by atoms with Crippen molar-refractivity contribution in [2.24, 2.45) is 7.05 Å². The summed E-state index contributed by atoms with van der Waals surface area (Å²) in [7, 11) is 1.85. The van der Waals surface area contributed by atoms with Gasteiger partial charge in [0.15, 0.2) is 0 Å². The first-order chi connectivity index (χ1) is 12.2. The molecule has 0 aliphatic heterocycles. The van der Waals surface area contributed by atoms with Crippen molar-refractivity contribution in [1.82, 2.24) is 9.55 Å². The Morgan fingerprint density at radius 3 is 2.00 bits per heavy atom. The molecule has 0 aliphatic rings. The van der Waals surface area contributed by atoms with E-state index in [-0.39, 0.29) is 0 Å². The molecule has 26 heavy (non-hydrogen) atoms. The second-order valence-electron chi connectivity index (χ2n) is 7.00. The number of nitrogens with two attached hydrogens (primary N) is 2. The minimum absolute atomic E-state index is 0.473. The second kappa shape index (κ2) is 7.29. The minimum Gasteiger partial charge on any atom is -0.397 e. The zero-order valence-corrected chi connectivity index (χ0v) is 16.5. The third-order valence-corrected chi connectivity index (χ3v) is 5.75. The molecule has 0 bridgehead atoms. The van der Waals surface area contributed by atoms with E-state index in [2.05, 4.69) is 4.98 Å². The third-order valence-electron chi connectivity index (χ3n) is 5.75. The molecule has 0 aliphatic carbocycles. The van der Waals surface area contributed by atoms with E-state index < -0.39 is 11.2 Å². The van der Waals surface area contributed by atoms with Gasteiger partial charge in [0.2, 0.25) is 0 Å². The van der Waals surface area contributed by atoms with Crippen LogP contribution in [0.1, 0.15) is 64.6 Å². The molecule has 6 heteroatoms. The molecule has 2 heterocycles. The molecular formula is C20H32N4O2. The fourth-order valence-electron chi connectivity index (χ4n) is 3.44. The number of rotatable bonds is 7. The van der Waals surface area contributed by atoms with E-state index in [0.717, 1.165) is 5.69 Å². The molecule has 0 fully saturated rings. The van der Waals surface area contributed by atoms with E-state index in [9.17, 15) is 10.2 Å². The van der Waals surface area contributed by atoms with Crippen LogP contribution in [0.3, 0.4) is 0 Å². The fourth-order valence-corrected chi connectivity index (χ4v) is 3.44. The maximum atomic E-state index is 10.9. The lowest BCUT2D eigenvalue weighted by Crippen LogP contribution is -2.26. The number of anilines is 2. The largest absolute Gasteiger partial charge is 0.397 e. The lowest BCUT2D eigenvalue weighted by molar-refractivity contribution is 0.0249. The standard InChI is InChI=1S/C20H32N4O2/c1-6-19(25,7-2)13-12-16(24(5)18(13)22)15-11-10-14(21)17(23-15)20(26,8-3)9-4/h10-12,25-26H,6-9,21-22H2,1-5H3. The van der Waals surface area contributed by atoms with E-state index in [1.807, 2.05) is 51.4 Å². The Kier molecular flexibility index (Phi) is 5.68. The molecule has 2 aromatic rings. The van der Waals surface area contributed by atoms with Crippen molar-refractivity contribution in [2.45, 2.75) is 64.6 Å². The van der Waals surface area contributed by atoms with E-state index in [0.29, 0.717) is 54.1 Å². The van der Waals surface area contributed by atoms with Crippen LogP contribution in [0.25, 0.3) is 11.4 Å². The smallest absolute Gasteiger partial charge is 0.109 e. The molecule has 0 saturated heterocycles. The van der Waals surface area contributed by atoms with E-state index in [1.165, 1.54) is 0 Å². The van der Waals surface area contributed by atoms with Gasteiger partial charge in [0.1, 0.15) is 11.4 Å². The van der Waals surface area contributed by atoms with Crippen molar-refractivity contribution in [3.63, 3.8) is 0 Å². The van der Waals surface area contributed by atoms with Gasteiger partial charge in [-0.25, -0.2) is 4.98 Å². The Hall–Kier alpha value is -2.05. The van der Waals surface area contributed by atoms with Crippen LogP contribution in [0, 0.1) is 0 Å². The van der Waals surface area contributed by atoms with Gasteiger partial charge in [0.05, 0.1) is 28.4 Å². The van der Waals surface area contributed by atoms with E-state index in [4.69, 9.17) is 11.5 Å². The van der Waals surface area contributed by atoms with Gasteiger partial charge in [-0.15, -0.1) is 0 Å². The van der Waals surface area contributed by atoms with Crippen molar-refractivity contribution >= 4 is 11.5 Å². The molecule has 0 spiro atoms. The Morgan fingerprint density at radius 1 is 0.962 bits per heavy atom. The van der Waals surface area contributed by atoms with Gasteiger partial charge in [-0.3, -0.25) is 0 Å². The van der Waals surface area contributed by atoms with Gasteiger partial charge >= 0.3 is 0 Å². The molecular weight excluding hydrogens is 328 g/mol. The van der Waals surface area contributed by atoms with Gasteiger partial charge in [-0.1, -0.05) is 27.7 Å². The summed E-state index contributed by atoms with van der Waals surface area (Å²) in [6.07, 6.45) is 2.19. The molecule has 6 nitrogen and oxygen atoms in total. The predicted molar refractivity (Wildman–Crippen MR) is 106 cm³/mol. The highest BCUT2D eigenvalue weighted by Gasteiger charge is 2.32. The molecule has 2 rings (SSSR count). The lowest BCUT2D eigenvalue weighted by atomic mass is 9.89. The van der Waals surface area contributed by atoms with Crippen LogP contribution >= 0.6 is 0 Å². The summed E-state index contributed by atoms with van der Waals surface area (Å²) in [4.78, 5) is 4.67. The number of nitrogen functional groups attached to an aromatic ring is 2. The van der Waals surface area contributed by atoms with Gasteiger partial charge in [0.25, 0.3) is 0 Å². The van der Waals surface area contributed by atoms with Crippen LogP contribution < -0.4 is 11.5 Å². The summed E-state index contributed by atoms with van der Waals surface area (Å²) in [5.74, 6) is 0.521. The van der Waals surface area contributed by atoms with Crippen LogP contribution in [0.2, 0.25) is 0 Å². The molecule has 144 valence electrons. The van der Waals surface area contributed by atoms with Gasteiger partial charge in [-0.05, 0) is 43.9 Å². The van der Waals surface area contributed by atoms with Crippen molar-refractivity contribution < 1.29 is 10.2 Å². The number of aliphatic hydroxyl groups is 2. The number of hydrogen-bond acceptors (Lipinski definition) is 5. The summed E-state index contributed by atoms with van der Waals surface area (Å²) < 4.78 is 1.82. The van der Waals surface area contributed by atoms with Gasteiger partial charge in [0, 0.05) is 12.6 Å². The van der Waals surface area contributed by atoms with Crippen molar-refractivity contribution in [3.05, 3.63) is 29.5 Å². The topological polar surface area (TPSA) is 110 Å². The van der Waals surface area contributed by atoms with Gasteiger partial charge < -0.3 is 26.2 Å². The Labute approximate surface area is 155 Å². The number of nitrogens with zero attached hydrogens (tertiary/aromatic N) is 2. The van der Waals surface area contributed by atoms with E-state index in [1.54, 1.807) is 6.07 Å². The summed E-state index contributed by atoms with van der Waals surface area (Å²) in [6.45, 7) is 7.71. The fraction of sp³-hybridized carbons (Fsp3) is 0.550. The highest BCUT2D eigenvalue weighted by molar-refractivity contribution is 5.66. The van der Waals surface area contributed by atoms with Crippen molar-refractivity contribution in [2.75, 3.05) is 11.5 Å². The number of aromatic nitrogens is 2. The highest BCUT2D eigenvalue weighted by atomic mass is 16.3. The Morgan fingerprint density at radius 2 is 1.50 bits per heavy atom. The molecule has 0 aromatic carbocycles. The molecule has 0 radical (unpaired) electrons. The average Bonchev–Trinajstić information content (AvgIpc) is 2.96. The van der Waals surface area contributed by atoms with Crippen LogP contribution in [-0.4, -0.2) is 19.8 Å². The van der Waals surface area contributed by atoms with Gasteiger partial charge in [-0.2, -0.15) is 0 Å². The Bertz CT molecular complexity index is 774. The first kappa shape index (κ1) is 20.3. The second-order valence-corrected chi connectivity index (χ2v) is 7.00.